The Bertz CT molecular complexity index is 86.2. The normalized spacial score (nSPS) is 41.7. The summed E-state index contributed by atoms with van der Waals surface area (Å²) in [5, 5.41) is 0. The first-order valence-electron chi connectivity index (χ1n) is 4.90. The van der Waals surface area contributed by atoms with Crippen LogP contribution in [-0.2, 0) is 0 Å². The summed E-state index contributed by atoms with van der Waals surface area (Å²) in [4.78, 5) is 0. The van der Waals surface area contributed by atoms with Crippen LogP contribution in [0.15, 0.2) is 0 Å². The number of hydrogen-bond acceptors (Lipinski definition) is 0. The Kier molecular flexibility index (Phi) is 2.76. The van der Waals surface area contributed by atoms with Crippen molar-refractivity contribution in [2.75, 3.05) is 0 Å². The van der Waals surface area contributed by atoms with Crippen LogP contribution in [0, 0.1) is 17.8 Å². The number of hydrogen-bond donors (Lipinski definition) is 0. The third-order valence-corrected chi connectivity index (χ3v) is 2.92. The van der Waals surface area contributed by atoms with Gasteiger partial charge in [-0.05, 0) is 37.0 Å². The van der Waals surface area contributed by atoms with E-state index in [1.165, 1.54) is 18.3 Å². The second-order valence-corrected chi connectivity index (χ2v) is 3.50. The molecule has 0 aromatic rings. The summed E-state index contributed by atoms with van der Waals surface area (Å²) in [6.07, 6.45) is 6.16. The standard InChI is InChI=1S/C8H14.C2H6/c1-2-6-3-7-5-8(7)4-6;1-2/h6-8H,2-5H2,1H3;1-2H3. The SMILES string of the molecule is CC.CCC1CC2CC2C1. The molecule has 2 fully saturated rings. The fourth-order valence-corrected chi connectivity index (χ4v) is 2.17. The van der Waals surface area contributed by atoms with Crippen LogP contribution in [0.1, 0.15) is 46.5 Å². The van der Waals surface area contributed by atoms with E-state index in [9.17, 15) is 0 Å². The molecule has 0 aliphatic heterocycles. The molecular formula is C10H20. The Labute approximate surface area is 65.0 Å². The monoisotopic (exact) mass is 140 g/mol. The molecule has 10 heavy (non-hydrogen) atoms. The maximum Gasteiger partial charge on any atom is -0.0380 e. The summed E-state index contributed by atoms with van der Waals surface area (Å²) in [5.74, 6) is 3.51. The van der Waals surface area contributed by atoms with Gasteiger partial charge in [0, 0.05) is 0 Å². The van der Waals surface area contributed by atoms with Crippen LogP contribution in [0.25, 0.3) is 0 Å². The molecule has 2 saturated carbocycles. The van der Waals surface area contributed by atoms with Crippen molar-refractivity contribution in [1.82, 2.24) is 0 Å². The number of fused-ring (bicyclic) bond motifs is 1. The van der Waals surface area contributed by atoms with Gasteiger partial charge in [-0.25, -0.2) is 0 Å². The lowest BCUT2D eigenvalue weighted by atomic mass is 10.0. The molecule has 0 aromatic carbocycles. The molecule has 2 aliphatic rings. The molecule has 0 N–H and O–H groups in total. The molecule has 0 spiro atoms. The summed E-state index contributed by atoms with van der Waals surface area (Å²) >= 11 is 0. The lowest BCUT2D eigenvalue weighted by molar-refractivity contribution is 0.473. The largest absolute Gasteiger partial charge is 0.0683 e. The van der Waals surface area contributed by atoms with E-state index in [0.717, 1.165) is 5.92 Å². The number of rotatable bonds is 1. The topological polar surface area (TPSA) is 0 Å². The maximum atomic E-state index is 2.33. The van der Waals surface area contributed by atoms with Crippen molar-refractivity contribution in [3.8, 4) is 0 Å². The van der Waals surface area contributed by atoms with Crippen LogP contribution in [0.2, 0.25) is 0 Å². The highest BCUT2D eigenvalue weighted by Crippen LogP contribution is 2.54. The Morgan fingerprint density at radius 3 is 1.80 bits per heavy atom. The Morgan fingerprint density at radius 2 is 1.50 bits per heavy atom. The molecule has 0 nitrogen and oxygen atoms in total. The molecule has 2 aliphatic carbocycles. The van der Waals surface area contributed by atoms with E-state index in [-0.39, 0.29) is 0 Å². The molecule has 0 bridgehead atoms. The van der Waals surface area contributed by atoms with Gasteiger partial charge in [0.15, 0.2) is 0 Å². The minimum atomic E-state index is 1.12. The smallest absolute Gasteiger partial charge is 0.0380 e. The summed E-state index contributed by atoms with van der Waals surface area (Å²) in [6.45, 7) is 6.33. The average molecular weight is 140 g/mol. The molecule has 60 valence electrons. The zero-order chi connectivity index (χ0) is 7.56. The van der Waals surface area contributed by atoms with E-state index in [4.69, 9.17) is 0 Å². The van der Waals surface area contributed by atoms with Crippen LogP contribution in [-0.4, -0.2) is 0 Å². The quantitative estimate of drug-likeness (QED) is 0.523. The molecule has 0 aromatic heterocycles. The molecule has 0 heteroatoms. The molecule has 2 rings (SSSR count). The lowest BCUT2D eigenvalue weighted by Crippen LogP contribution is -1.92. The second-order valence-electron chi connectivity index (χ2n) is 3.50. The van der Waals surface area contributed by atoms with Crippen molar-refractivity contribution in [1.29, 1.82) is 0 Å². The highest BCUT2D eigenvalue weighted by atomic mass is 14.5. The van der Waals surface area contributed by atoms with Crippen LogP contribution in [0.4, 0.5) is 0 Å². The lowest BCUT2D eigenvalue weighted by Gasteiger charge is -2.04. The van der Waals surface area contributed by atoms with Crippen LogP contribution < -0.4 is 0 Å². The van der Waals surface area contributed by atoms with Crippen molar-refractivity contribution >= 4 is 0 Å². The van der Waals surface area contributed by atoms with Gasteiger partial charge in [-0.2, -0.15) is 0 Å². The first-order valence-corrected chi connectivity index (χ1v) is 4.90. The third kappa shape index (κ3) is 1.53. The molecular weight excluding hydrogens is 120 g/mol. The third-order valence-electron chi connectivity index (χ3n) is 2.92. The first kappa shape index (κ1) is 8.10. The van der Waals surface area contributed by atoms with E-state index in [1.807, 2.05) is 13.8 Å². The highest BCUT2D eigenvalue weighted by molar-refractivity contribution is 4.95. The van der Waals surface area contributed by atoms with Crippen molar-refractivity contribution < 1.29 is 0 Å². The van der Waals surface area contributed by atoms with Gasteiger partial charge in [-0.15, -0.1) is 0 Å². The van der Waals surface area contributed by atoms with Crippen LogP contribution in [0.5, 0.6) is 0 Å². The van der Waals surface area contributed by atoms with Gasteiger partial charge in [0.1, 0.15) is 0 Å². The maximum absolute atomic E-state index is 2.33. The van der Waals surface area contributed by atoms with Crippen molar-refractivity contribution in [2.24, 2.45) is 17.8 Å². The van der Waals surface area contributed by atoms with Crippen molar-refractivity contribution in [3.63, 3.8) is 0 Å². The Morgan fingerprint density at radius 1 is 1.00 bits per heavy atom. The minimum absolute atomic E-state index is 1.12. The minimum Gasteiger partial charge on any atom is -0.0683 e. The molecule has 0 amide bonds. The molecule has 2 atom stereocenters. The van der Waals surface area contributed by atoms with E-state index in [1.54, 1.807) is 19.3 Å². The first-order chi connectivity index (χ1) is 4.90. The van der Waals surface area contributed by atoms with Crippen LogP contribution in [0.3, 0.4) is 0 Å². The van der Waals surface area contributed by atoms with Gasteiger partial charge in [0.2, 0.25) is 0 Å². The van der Waals surface area contributed by atoms with Crippen molar-refractivity contribution in [2.45, 2.75) is 46.5 Å². The van der Waals surface area contributed by atoms with Gasteiger partial charge in [-0.1, -0.05) is 27.2 Å². The Hall–Kier alpha value is 0. The van der Waals surface area contributed by atoms with Crippen molar-refractivity contribution in [3.05, 3.63) is 0 Å². The predicted molar refractivity (Wildman–Crippen MR) is 46.0 cm³/mol. The fraction of sp³-hybridized carbons (Fsp3) is 1.00. The molecule has 0 heterocycles. The van der Waals surface area contributed by atoms with Crippen LogP contribution >= 0.6 is 0 Å². The van der Waals surface area contributed by atoms with Gasteiger partial charge in [0.25, 0.3) is 0 Å². The summed E-state index contributed by atoms with van der Waals surface area (Å²) in [5.41, 5.74) is 0. The predicted octanol–water partition coefficient (Wildman–Crippen LogP) is 3.47. The van der Waals surface area contributed by atoms with Gasteiger partial charge in [0.05, 0.1) is 0 Å². The summed E-state index contributed by atoms with van der Waals surface area (Å²) in [6, 6.07) is 0. The molecule has 2 unspecified atom stereocenters. The fourth-order valence-electron chi connectivity index (χ4n) is 2.17. The van der Waals surface area contributed by atoms with E-state index >= 15 is 0 Å². The van der Waals surface area contributed by atoms with E-state index in [2.05, 4.69) is 6.92 Å². The Balaban J connectivity index is 0.000000231. The average Bonchev–Trinajstić information content (AvgIpc) is 2.63. The highest BCUT2D eigenvalue weighted by Gasteiger charge is 2.44. The summed E-state index contributed by atoms with van der Waals surface area (Å²) < 4.78 is 0. The van der Waals surface area contributed by atoms with Gasteiger partial charge in [-0.3, -0.25) is 0 Å². The van der Waals surface area contributed by atoms with E-state index < -0.39 is 0 Å². The zero-order valence-electron chi connectivity index (χ0n) is 7.56. The molecule has 0 radical (unpaired) electrons. The molecule has 0 saturated heterocycles. The van der Waals surface area contributed by atoms with E-state index in [0.29, 0.717) is 0 Å². The second kappa shape index (κ2) is 3.41. The summed E-state index contributed by atoms with van der Waals surface area (Å²) in [7, 11) is 0. The zero-order valence-corrected chi connectivity index (χ0v) is 7.56. The van der Waals surface area contributed by atoms with Gasteiger partial charge < -0.3 is 0 Å². The van der Waals surface area contributed by atoms with Gasteiger partial charge >= 0.3 is 0 Å².